The van der Waals surface area contributed by atoms with Crippen molar-refractivity contribution in [1.29, 1.82) is 0 Å². The van der Waals surface area contributed by atoms with E-state index >= 15 is 0 Å². The van der Waals surface area contributed by atoms with Crippen LogP contribution in [0.15, 0.2) is 77.5 Å². The van der Waals surface area contributed by atoms with Crippen LogP contribution in [0, 0.1) is 0 Å². The van der Waals surface area contributed by atoms with Crippen LogP contribution in [-0.2, 0) is 14.3 Å². The highest BCUT2D eigenvalue weighted by atomic mass is 35.5. The van der Waals surface area contributed by atoms with Gasteiger partial charge < -0.3 is 15.4 Å². The Morgan fingerprint density at radius 3 is 2.24 bits per heavy atom. The van der Waals surface area contributed by atoms with E-state index in [0.29, 0.717) is 30.0 Å². The number of hydrogen-bond donors (Lipinski definition) is 2. The molecule has 4 rings (SSSR count). The van der Waals surface area contributed by atoms with Crippen LogP contribution in [0.3, 0.4) is 0 Å². The highest BCUT2D eigenvalue weighted by Gasteiger charge is 2.39. The normalized spacial score (nSPS) is 13.1. The summed E-state index contributed by atoms with van der Waals surface area (Å²) >= 11 is 18.2. The van der Waals surface area contributed by atoms with Crippen LogP contribution >= 0.6 is 34.8 Å². The first-order valence-electron chi connectivity index (χ1n) is 11.4. The number of hydrogen-bond acceptors (Lipinski definition) is 6. The molecule has 11 heteroatoms. The second-order valence-electron chi connectivity index (χ2n) is 8.11. The van der Waals surface area contributed by atoms with Crippen molar-refractivity contribution < 1.29 is 23.9 Å². The van der Waals surface area contributed by atoms with Gasteiger partial charge in [-0.15, -0.1) is 0 Å². The maximum atomic E-state index is 13.0. The second kappa shape index (κ2) is 11.7. The van der Waals surface area contributed by atoms with Crippen molar-refractivity contribution in [3.8, 4) is 0 Å². The van der Waals surface area contributed by atoms with Gasteiger partial charge in [0.05, 0.1) is 27.9 Å². The molecule has 0 saturated carbocycles. The Labute approximate surface area is 233 Å². The molecule has 0 aromatic heterocycles. The van der Waals surface area contributed by atoms with E-state index in [4.69, 9.17) is 39.5 Å². The first-order chi connectivity index (χ1) is 18.2. The molecule has 3 aromatic carbocycles. The standard InChI is InChI=1S/C27H20Cl3N3O5/c1-2-11-38-27(37)16-6-4-8-18(13-16)32-24(34)15-5-3-7-17(12-15)31-23-22(30)25(35)33(26(23)36)19-9-10-20(28)21(29)14-19/h3-10,12-14,31H,2,11H2,1H3,(H,32,34). The predicted molar refractivity (Wildman–Crippen MR) is 147 cm³/mol. The van der Waals surface area contributed by atoms with Crippen LogP contribution in [0.1, 0.15) is 34.1 Å². The summed E-state index contributed by atoms with van der Waals surface area (Å²) in [6.45, 7) is 2.19. The van der Waals surface area contributed by atoms with E-state index in [2.05, 4.69) is 10.6 Å². The Bertz CT molecular complexity index is 1490. The van der Waals surface area contributed by atoms with Gasteiger partial charge in [-0.2, -0.15) is 0 Å². The van der Waals surface area contributed by atoms with Gasteiger partial charge in [-0.1, -0.05) is 53.9 Å². The van der Waals surface area contributed by atoms with Crippen molar-refractivity contribution >= 4 is 75.6 Å². The number of ether oxygens (including phenoxy) is 1. The number of esters is 1. The summed E-state index contributed by atoms with van der Waals surface area (Å²) in [6, 6.07) is 17.0. The van der Waals surface area contributed by atoms with Gasteiger partial charge in [-0.3, -0.25) is 14.4 Å². The van der Waals surface area contributed by atoms with Crippen molar-refractivity contribution in [3.63, 3.8) is 0 Å². The molecule has 0 radical (unpaired) electrons. The molecule has 0 saturated heterocycles. The lowest BCUT2D eigenvalue weighted by Crippen LogP contribution is -2.32. The van der Waals surface area contributed by atoms with Crippen LogP contribution in [0.4, 0.5) is 17.1 Å². The molecule has 1 aliphatic rings. The molecule has 0 atom stereocenters. The lowest BCUT2D eigenvalue weighted by molar-refractivity contribution is -0.120. The van der Waals surface area contributed by atoms with Gasteiger partial charge in [-0.25, -0.2) is 9.69 Å². The lowest BCUT2D eigenvalue weighted by Gasteiger charge is -2.16. The van der Waals surface area contributed by atoms with Gasteiger partial charge in [0.1, 0.15) is 10.7 Å². The topological polar surface area (TPSA) is 105 Å². The highest BCUT2D eigenvalue weighted by molar-refractivity contribution is 6.53. The van der Waals surface area contributed by atoms with Crippen LogP contribution in [0.2, 0.25) is 10.0 Å². The molecule has 0 bridgehead atoms. The minimum absolute atomic E-state index is 0.154. The number of nitrogens with one attached hydrogen (secondary N) is 2. The first kappa shape index (κ1) is 27.2. The first-order valence-corrected chi connectivity index (χ1v) is 12.5. The molecule has 0 unspecified atom stereocenters. The fraction of sp³-hybridized carbons (Fsp3) is 0.111. The summed E-state index contributed by atoms with van der Waals surface area (Å²) in [4.78, 5) is 51.7. The van der Waals surface area contributed by atoms with E-state index in [1.54, 1.807) is 36.4 Å². The highest BCUT2D eigenvalue weighted by Crippen LogP contribution is 2.33. The smallest absolute Gasteiger partial charge is 0.338 e. The molecule has 0 fully saturated rings. The molecule has 3 amide bonds. The van der Waals surface area contributed by atoms with Gasteiger partial charge in [0, 0.05) is 16.9 Å². The molecule has 0 aliphatic carbocycles. The molecule has 2 N–H and O–H groups in total. The van der Waals surface area contributed by atoms with Crippen molar-refractivity contribution in [2.75, 3.05) is 22.1 Å². The predicted octanol–water partition coefficient (Wildman–Crippen LogP) is 6.25. The summed E-state index contributed by atoms with van der Waals surface area (Å²) < 4.78 is 5.13. The molecule has 1 heterocycles. The number of carbonyl (C=O) groups excluding carboxylic acids is 4. The zero-order valence-electron chi connectivity index (χ0n) is 19.9. The molecule has 194 valence electrons. The third-order valence-corrected chi connectivity index (χ3v) is 6.47. The van der Waals surface area contributed by atoms with E-state index in [-0.39, 0.29) is 32.0 Å². The molecule has 1 aliphatic heterocycles. The second-order valence-corrected chi connectivity index (χ2v) is 9.30. The van der Waals surface area contributed by atoms with Gasteiger partial charge in [0.25, 0.3) is 17.7 Å². The summed E-state index contributed by atoms with van der Waals surface area (Å²) in [5.74, 6) is -2.37. The Morgan fingerprint density at radius 2 is 1.53 bits per heavy atom. The van der Waals surface area contributed by atoms with Crippen molar-refractivity contribution in [3.05, 3.63) is 98.6 Å². The summed E-state index contributed by atoms with van der Waals surface area (Å²) in [5, 5.41) is 5.69. The quantitative estimate of drug-likeness (QED) is 0.244. The average Bonchev–Trinajstić information content (AvgIpc) is 3.12. The largest absolute Gasteiger partial charge is 0.462 e. The minimum atomic E-state index is -0.733. The van der Waals surface area contributed by atoms with Crippen LogP contribution in [0.5, 0.6) is 0 Å². The Morgan fingerprint density at radius 1 is 0.842 bits per heavy atom. The Balaban J connectivity index is 1.49. The zero-order valence-corrected chi connectivity index (χ0v) is 22.2. The summed E-state index contributed by atoms with van der Waals surface area (Å²) in [7, 11) is 0. The molecular formula is C27H20Cl3N3O5. The molecular weight excluding hydrogens is 553 g/mol. The van der Waals surface area contributed by atoms with E-state index in [1.807, 2.05) is 6.92 Å². The maximum absolute atomic E-state index is 13.0. The number of carbonyl (C=O) groups is 4. The summed E-state index contributed by atoms with van der Waals surface area (Å²) in [6.07, 6.45) is 0.696. The molecule has 0 spiro atoms. The van der Waals surface area contributed by atoms with E-state index in [0.717, 1.165) is 4.90 Å². The van der Waals surface area contributed by atoms with Gasteiger partial charge >= 0.3 is 5.97 Å². The van der Waals surface area contributed by atoms with Crippen molar-refractivity contribution in [1.82, 2.24) is 0 Å². The van der Waals surface area contributed by atoms with Gasteiger partial charge in [0.2, 0.25) is 0 Å². The van der Waals surface area contributed by atoms with E-state index in [1.165, 1.54) is 30.3 Å². The fourth-order valence-corrected chi connectivity index (χ4v) is 4.06. The monoisotopic (exact) mass is 571 g/mol. The molecule has 38 heavy (non-hydrogen) atoms. The fourth-order valence-electron chi connectivity index (χ4n) is 3.56. The van der Waals surface area contributed by atoms with E-state index < -0.39 is 23.7 Å². The average molecular weight is 573 g/mol. The van der Waals surface area contributed by atoms with Crippen LogP contribution in [0.25, 0.3) is 0 Å². The van der Waals surface area contributed by atoms with Crippen molar-refractivity contribution in [2.24, 2.45) is 0 Å². The van der Waals surface area contributed by atoms with Crippen LogP contribution < -0.4 is 15.5 Å². The Hall–Kier alpha value is -3.85. The third kappa shape index (κ3) is 5.83. The SMILES string of the molecule is CCCOC(=O)c1cccc(NC(=O)c2cccc(NC3=C(Cl)C(=O)N(c4ccc(Cl)c(Cl)c4)C3=O)c2)c1. The number of amides is 3. The molecule has 8 nitrogen and oxygen atoms in total. The van der Waals surface area contributed by atoms with Crippen molar-refractivity contribution in [2.45, 2.75) is 13.3 Å². The zero-order chi connectivity index (χ0) is 27.4. The number of benzene rings is 3. The number of halogens is 3. The molecule has 3 aromatic rings. The minimum Gasteiger partial charge on any atom is -0.462 e. The lowest BCUT2D eigenvalue weighted by atomic mass is 10.1. The van der Waals surface area contributed by atoms with Crippen LogP contribution in [-0.4, -0.2) is 30.3 Å². The van der Waals surface area contributed by atoms with E-state index in [9.17, 15) is 19.2 Å². The Kier molecular flexibility index (Phi) is 8.36. The maximum Gasteiger partial charge on any atom is 0.338 e. The summed E-state index contributed by atoms with van der Waals surface area (Å²) in [5.41, 5.74) is 1.36. The number of imide groups is 1. The third-order valence-electron chi connectivity index (χ3n) is 5.38. The number of nitrogens with zero attached hydrogens (tertiary/aromatic N) is 1. The van der Waals surface area contributed by atoms with Gasteiger partial charge in [0.15, 0.2) is 0 Å². The number of anilines is 3. The number of rotatable bonds is 8. The van der Waals surface area contributed by atoms with Gasteiger partial charge in [-0.05, 0) is 61.0 Å².